The molecule has 0 aliphatic heterocycles. The van der Waals surface area contributed by atoms with E-state index in [1.54, 1.807) is 11.4 Å². The summed E-state index contributed by atoms with van der Waals surface area (Å²) in [6.45, 7) is 1.49. The van der Waals surface area contributed by atoms with Crippen LogP contribution in [0.2, 0.25) is 0 Å². The SMILES string of the molecule is CC(Sc1nc(N)c(C#N)c(-c2ccsc2)c1C#N)C(=O)O. The Bertz CT molecular complexity index is 804. The standard InChI is InChI=1S/C14H10N4O2S2/c1-7(14(19)20)22-13-10(5-16)11(8-2-3-21-6-8)9(4-15)12(17)18-13/h2-3,6-7H,1H3,(H2,17,18)(H,19,20). The Labute approximate surface area is 134 Å². The quantitative estimate of drug-likeness (QED) is 0.826. The lowest BCUT2D eigenvalue weighted by atomic mass is 9.99. The Morgan fingerprint density at radius 1 is 1.45 bits per heavy atom. The van der Waals surface area contributed by atoms with E-state index in [0.717, 1.165) is 11.8 Å². The van der Waals surface area contributed by atoms with Crippen LogP contribution >= 0.6 is 23.1 Å². The molecule has 0 aliphatic rings. The fraction of sp³-hybridized carbons (Fsp3) is 0.143. The molecule has 110 valence electrons. The molecule has 2 aromatic heterocycles. The number of pyridine rings is 1. The van der Waals surface area contributed by atoms with Gasteiger partial charge in [-0.05, 0) is 29.3 Å². The predicted octanol–water partition coefficient (Wildman–Crippen LogP) is 2.70. The Morgan fingerprint density at radius 2 is 2.14 bits per heavy atom. The molecule has 8 heteroatoms. The molecule has 2 heterocycles. The highest BCUT2D eigenvalue weighted by atomic mass is 32.2. The van der Waals surface area contributed by atoms with E-state index in [1.807, 2.05) is 17.5 Å². The smallest absolute Gasteiger partial charge is 0.316 e. The van der Waals surface area contributed by atoms with Crippen molar-refractivity contribution in [2.24, 2.45) is 0 Å². The predicted molar refractivity (Wildman–Crippen MR) is 84.3 cm³/mol. The number of thiophene rings is 1. The molecule has 0 saturated carbocycles. The van der Waals surface area contributed by atoms with Crippen LogP contribution in [0.3, 0.4) is 0 Å². The fourth-order valence-corrected chi connectivity index (χ4v) is 3.30. The number of thioether (sulfide) groups is 1. The van der Waals surface area contributed by atoms with Gasteiger partial charge >= 0.3 is 5.97 Å². The first-order valence-corrected chi connectivity index (χ1v) is 7.87. The molecule has 0 amide bonds. The minimum absolute atomic E-state index is 0.0113. The van der Waals surface area contributed by atoms with Gasteiger partial charge in [0, 0.05) is 5.56 Å². The number of aromatic nitrogens is 1. The van der Waals surface area contributed by atoms with Gasteiger partial charge in [0.15, 0.2) is 0 Å². The maximum Gasteiger partial charge on any atom is 0.316 e. The van der Waals surface area contributed by atoms with Crippen LogP contribution < -0.4 is 5.73 Å². The number of nitrogens with zero attached hydrogens (tertiary/aromatic N) is 3. The second kappa shape index (κ2) is 6.48. The molecule has 2 rings (SSSR count). The van der Waals surface area contributed by atoms with Crippen LogP contribution in [-0.2, 0) is 4.79 Å². The van der Waals surface area contributed by atoms with E-state index in [-0.39, 0.29) is 22.0 Å². The topological polar surface area (TPSA) is 124 Å². The molecule has 0 bridgehead atoms. The Hall–Kier alpha value is -2.55. The third-order valence-electron chi connectivity index (χ3n) is 2.86. The molecule has 3 N–H and O–H groups in total. The highest BCUT2D eigenvalue weighted by Crippen LogP contribution is 2.37. The number of hydrogen-bond acceptors (Lipinski definition) is 7. The minimum atomic E-state index is -1.02. The lowest BCUT2D eigenvalue weighted by Gasteiger charge is -2.13. The summed E-state index contributed by atoms with van der Waals surface area (Å²) in [5, 5.41) is 30.8. The summed E-state index contributed by atoms with van der Waals surface area (Å²) < 4.78 is 0. The number of hydrogen-bond donors (Lipinski definition) is 2. The van der Waals surface area contributed by atoms with E-state index in [0.29, 0.717) is 11.1 Å². The second-order valence-electron chi connectivity index (χ2n) is 4.26. The zero-order valence-electron chi connectivity index (χ0n) is 11.4. The third kappa shape index (κ3) is 2.89. The summed E-state index contributed by atoms with van der Waals surface area (Å²) in [6, 6.07) is 5.76. The molecule has 0 spiro atoms. The number of carbonyl (C=O) groups is 1. The number of nitrogen functional groups attached to an aromatic ring is 1. The summed E-state index contributed by atoms with van der Waals surface area (Å²) in [5.74, 6) is -1.03. The molecule has 0 aromatic carbocycles. The Balaban J connectivity index is 2.71. The Kier molecular flexibility index (Phi) is 4.66. The van der Waals surface area contributed by atoms with Crippen LogP contribution in [-0.4, -0.2) is 21.3 Å². The summed E-state index contributed by atoms with van der Waals surface area (Å²) in [7, 11) is 0. The van der Waals surface area contributed by atoms with Crippen LogP contribution in [0.15, 0.2) is 21.9 Å². The fourth-order valence-electron chi connectivity index (χ4n) is 1.80. The van der Waals surface area contributed by atoms with E-state index in [9.17, 15) is 15.3 Å². The van der Waals surface area contributed by atoms with Crippen molar-refractivity contribution in [3.8, 4) is 23.3 Å². The van der Waals surface area contributed by atoms with Crippen molar-refractivity contribution in [1.29, 1.82) is 10.5 Å². The van der Waals surface area contributed by atoms with Gasteiger partial charge in [-0.15, -0.1) is 0 Å². The zero-order valence-corrected chi connectivity index (χ0v) is 13.0. The van der Waals surface area contributed by atoms with Crippen molar-refractivity contribution < 1.29 is 9.90 Å². The number of nitrogens with two attached hydrogens (primary N) is 1. The molecule has 1 unspecified atom stereocenters. The van der Waals surface area contributed by atoms with Crippen molar-refractivity contribution in [2.45, 2.75) is 17.2 Å². The van der Waals surface area contributed by atoms with Gasteiger partial charge in [-0.2, -0.15) is 21.9 Å². The number of carboxylic acid groups (broad SMARTS) is 1. The normalized spacial score (nSPS) is 11.4. The van der Waals surface area contributed by atoms with Gasteiger partial charge in [0.1, 0.15) is 33.8 Å². The van der Waals surface area contributed by atoms with E-state index >= 15 is 0 Å². The zero-order chi connectivity index (χ0) is 16.3. The van der Waals surface area contributed by atoms with Crippen molar-refractivity contribution in [1.82, 2.24) is 4.98 Å². The molecule has 2 aromatic rings. The molecule has 0 fully saturated rings. The average molecular weight is 330 g/mol. The van der Waals surface area contributed by atoms with Crippen molar-refractivity contribution in [3.63, 3.8) is 0 Å². The summed E-state index contributed by atoms with van der Waals surface area (Å²) in [4.78, 5) is 15.1. The maximum absolute atomic E-state index is 11.0. The molecular formula is C14H10N4O2S2. The van der Waals surface area contributed by atoms with E-state index < -0.39 is 11.2 Å². The number of rotatable bonds is 4. The maximum atomic E-state index is 11.0. The monoisotopic (exact) mass is 330 g/mol. The van der Waals surface area contributed by atoms with Gasteiger partial charge < -0.3 is 10.8 Å². The Morgan fingerprint density at radius 3 is 2.64 bits per heavy atom. The molecule has 6 nitrogen and oxygen atoms in total. The van der Waals surface area contributed by atoms with Crippen LogP contribution in [0.4, 0.5) is 5.82 Å². The molecule has 22 heavy (non-hydrogen) atoms. The first-order chi connectivity index (χ1) is 10.5. The third-order valence-corrected chi connectivity index (χ3v) is 4.62. The summed E-state index contributed by atoms with van der Waals surface area (Å²) in [5.41, 5.74) is 7.20. The second-order valence-corrected chi connectivity index (χ2v) is 6.37. The molecular weight excluding hydrogens is 320 g/mol. The number of nitriles is 2. The first-order valence-electron chi connectivity index (χ1n) is 6.05. The number of anilines is 1. The highest BCUT2D eigenvalue weighted by molar-refractivity contribution is 8.00. The van der Waals surface area contributed by atoms with Crippen LogP contribution in [0, 0.1) is 22.7 Å². The van der Waals surface area contributed by atoms with Crippen molar-refractivity contribution in [2.75, 3.05) is 5.73 Å². The van der Waals surface area contributed by atoms with Gasteiger partial charge in [0.05, 0.1) is 5.56 Å². The molecule has 0 aliphatic carbocycles. The average Bonchev–Trinajstić information content (AvgIpc) is 3.00. The lowest BCUT2D eigenvalue weighted by Crippen LogP contribution is -2.13. The number of aliphatic carboxylic acids is 1. The summed E-state index contributed by atoms with van der Waals surface area (Å²) in [6.07, 6.45) is 0. The first kappa shape index (κ1) is 15.8. The summed E-state index contributed by atoms with van der Waals surface area (Å²) >= 11 is 2.35. The van der Waals surface area contributed by atoms with Crippen molar-refractivity contribution >= 4 is 34.9 Å². The van der Waals surface area contributed by atoms with Crippen LogP contribution in [0.25, 0.3) is 11.1 Å². The van der Waals surface area contributed by atoms with Crippen LogP contribution in [0.5, 0.6) is 0 Å². The van der Waals surface area contributed by atoms with Gasteiger partial charge in [-0.25, -0.2) is 4.98 Å². The van der Waals surface area contributed by atoms with Crippen molar-refractivity contribution in [3.05, 3.63) is 28.0 Å². The van der Waals surface area contributed by atoms with Gasteiger partial charge in [-0.1, -0.05) is 11.8 Å². The van der Waals surface area contributed by atoms with E-state index in [1.165, 1.54) is 18.3 Å². The molecule has 0 radical (unpaired) electrons. The molecule has 0 saturated heterocycles. The minimum Gasteiger partial charge on any atom is -0.480 e. The molecule has 1 atom stereocenters. The van der Waals surface area contributed by atoms with Gasteiger partial charge in [0.2, 0.25) is 0 Å². The van der Waals surface area contributed by atoms with Crippen LogP contribution in [0.1, 0.15) is 18.1 Å². The number of carboxylic acids is 1. The van der Waals surface area contributed by atoms with Gasteiger partial charge in [0.25, 0.3) is 0 Å². The van der Waals surface area contributed by atoms with E-state index in [2.05, 4.69) is 4.98 Å². The highest BCUT2D eigenvalue weighted by Gasteiger charge is 2.23. The van der Waals surface area contributed by atoms with E-state index in [4.69, 9.17) is 10.8 Å². The lowest BCUT2D eigenvalue weighted by molar-refractivity contribution is -0.136. The largest absolute Gasteiger partial charge is 0.480 e. The van der Waals surface area contributed by atoms with Gasteiger partial charge in [-0.3, -0.25) is 4.79 Å².